The molecule has 0 radical (unpaired) electrons. The van der Waals surface area contributed by atoms with Crippen LogP contribution in [0, 0.1) is 5.92 Å². The van der Waals surface area contributed by atoms with Gasteiger partial charge in [-0.05, 0) is 31.7 Å². The van der Waals surface area contributed by atoms with Crippen molar-refractivity contribution < 1.29 is 8.42 Å². The first-order valence-electron chi connectivity index (χ1n) is 6.75. The molecule has 0 aromatic rings. The molecule has 2 rings (SSSR count). The van der Waals surface area contributed by atoms with Crippen LogP contribution in [-0.2, 0) is 10.0 Å². The molecule has 0 spiro atoms. The van der Waals surface area contributed by atoms with Gasteiger partial charge in [-0.1, -0.05) is 19.3 Å². The highest BCUT2D eigenvalue weighted by Gasteiger charge is 2.26. The van der Waals surface area contributed by atoms with Crippen LogP contribution < -0.4 is 5.32 Å². The third-order valence-corrected chi connectivity index (χ3v) is 6.08. The number of rotatable bonds is 6. The summed E-state index contributed by atoms with van der Waals surface area (Å²) in [6.07, 6.45) is 7.04. The summed E-state index contributed by atoms with van der Waals surface area (Å²) in [5.41, 5.74) is 0. The van der Waals surface area contributed by atoms with Crippen molar-refractivity contribution in [1.29, 1.82) is 0 Å². The van der Waals surface area contributed by atoms with E-state index in [2.05, 4.69) is 5.32 Å². The zero-order valence-electron chi connectivity index (χ0n) is 10.7. The molecule has 4 nitrogen and oxygen atoms in total. The molecule has 2 aliphatic rings. The zero-order valence-corrected chi connectivity index (χ0v) is 11.5. The Morgan fingerprint density at radius 1 is 1.24 bits per heavy atom. The summed E-state index contributed by atoms with van der Waals surface area (Å²) in [7, 11) is -1.33. The predicted molar refractivity (Wildman–Crippen MR) is 69.4 cm³/mol. The molecule has 0 bridgehead atoms. The third kappa shape index (κ3) is 3.66. The Bertz CT molecular complexity index is 332. The molecule has 1 heterocycles. The molecule has 1 aliphatic carbocycles. The number of hydrogen-bond donors (Lipinski definition) is 1. The molecule has 1 aliphatic heterocycles. The van der Waals surface area contributed by atoms with E-state index in [1.54, 1.807) is 11.4 Å². The molecule has 1 saturated heterocycles. The quantitative estimate of drug-likeness (QED) is 0.780. The highest BCUT2D eigenvalue weighted by Crippen LogP contribution is 2.29. The first-order valence-corrected chi connectivity index (χ1v) is 8.36. The first-order chi connectivity index (χ1) is 8.08. The Balaban J connectivity index is 1.76. The van der Waals surface area contributed by atoms with Crippen molar-refractivity contribution in [1.82, 2.24) is 9.62 Å². The maximum Gasteiger partial charge on any atom is 0.215 e. The molecule has 5 heteroatoms. The van der Waals surface area contributed by atoms with Crippen LogP contribution in [0.3, 0.4) is 0 Å². The zero-order chi connectivity index (χ0) is 12.3. The van der Waals surface area contributed by atoms with E-state index in [0.717, 1.165) is 31.7 Å². The van der Waals surface area contributed by atoms with Crippen LogP contribution in [-0.4, -0.2) is 44.7 Å². The van der Waals surface area contributed by atoms with Gasteiger partial charge >= 0.3 is 0 Å². The van der Waals surface area contributed by atoms with Gasteiger partial charge in [-0.25, -0.2) is 12.7 Å². The Morgan fingerprint density at radius 3 is 2.53 bits per heavy atom. The van der Waals surface area contributed by atoms with E-state index in [1.807, 2.05) is 0 Å². The van der Waals surface area contributed by atoms with E-state index in [9.17, 15) is 8.42 Å². The van der Waals surface area contributed by atoms with E-state index in [1.165, 1.54) is 19.3 Å². The second-order valence-electron chi connectivity index (χ2n) is 5.48. The Labute approximate surface area is 105 Å². The molecule has 2 fully saturated rings. The summed E-state index contributed by atoms with van der Waals surface area (Å²) in [4.78, 5) is 0. The Kier molecular flexibility index (Phi) is 4.44. The van der Waals surface area contributed by atoms with Crippen LogP contribution in [0.15, 0.2) is 0 Å². The molecule has 1 saturated carbocycles. The minimum atomic E-state index is -3.05. The van der Waals surface area contributed by atoms with Gasteiger partial charge in [-0.2, -0.15) is 0 Å². The fourth-order valence-electron chi connectivity index (χ4n) is 2.57. The minimum absolute atomic E-state index is 0.172. The summed E-state index contributed by atoms with van der Waals surface area (Å²) < 4.78 is 25.7. The van der Waals surface area contributed by atoms with Gasteiger partial charge in [-0.15, -0.1) is 0 Å². The standard InChI is InChI=1S/C12H24N2O2S/c1-14(9-7-11-4-2-5-11)17(15,16)10-12-6-3-8-13-12/h11-13H,2-10H2,1H3. The summed E-state index contributed by atoms with van der Waals surface area (Å²) in [6, 6.07) is 0.172. The number of nitrogens with one attached hydrogen (secondary N) is 1. The van der Waals surface area contributed by atoms with Crippen molar-refractivity contribution in [2.24, 2.45) is 5.92 Å². The fraction of sp³-hybridized carbons (Fsp3) is 1.00. The normalized spacial score (nSPS) is 26.4. The second kappa shape index (κ2) is 5.67. The van der Waals surface area contributed by atoms with Crippen LogP contribution in [0.4, 0.5) is 0 Å². The largest absolute Gasteiger partial charge is 0.313 e. The lowest BCUT2D eigenvalue weighted by molar-refractivity contribution is 0.275. The number of nitrogens with zero attached hydrogens (tertiary/aromatic N) is 1. The predicted octanol–water partition coefficient (Wildman–Crippen LogP) is 1.19. The molecule has 0 amide bonds. The van der Waals surface area contributed by atoms with E-state index in [0.29, 0.717) is 6.54 Å². The fourth-order valence-corrected chi connectivity index (χ4v) is 4.00. The van der Waals surface area contributed by atoms with Gasteiger partial charge in [0.15, 0.2) is 0 Å². The lowest BCUT2D eigenvalue weighted by Crippen LogP contribution is -2.38. The van der Waals surface area contributed by atoms with Crippen LogP contribution in [0.5, 0.6) is 0 Å². The van der Waals surface area contributed by atoms with Crippen molar-refractivity contribution in [3.63, 3.8) is 0 Å². The molecule has 1 N–H and O–H groups in total. The average molecular weight is 260 g/mol. The second-order valence-corrected chi connectivity index (χ2v) is 7.60. The van der Waals surface area contributed by atoms with Crippen molar-refractivity contribution >= 4 is 10.0 Å². The smallest absolute Gasteiger partial charge is 0.215 e. The highest BCUT2D eigenvalue weighted by molar-refractivity contribution is 7.89. The van der Waals surface area contributed by atoms with Gasteiger partial charge in [0.05, 0.1) is 5.75 Å². The Morgan fingerprint density at radius 2 is 2.00 bits per heavy atom. The monoisotopic (exact) mass is 260 g/mol. The maximum atomic E-state index is 12.1. The maximum absolute atomic E-state index is 12.1. The van der Waals surface area contributed by atoms with E-state index < -0.39 is 10.0 Å². The van der Waals surface area contributed by atoms with Crippen molar-refractivity contribution in [2.45, 2.75) is 44.6 Å². The van der Waals surface area contributed by atoms with Crippen molar-refractivity contribution in [3.05, 3.63) is 0 Å². The highest BCUT2D eigenvalue weighted by atomic mass is 32.2. The topological polar surface area (TPSA) is 49.4 Å². The summed E-state index contributed by atoms with van der Waals surface area (Å²) in [5, 5.41) is 3.25. The molecule has 100 valence electrons. The van der Waals surface area contributed by atoms with Crippen molar-refractivity contribution in [2.75, 3.05) is 25.9 Å². The van der Waals surface area contributed by atoms with Crippen molar-refractivity contribution in [3.8, 4) is 0 Å². The third-order valence-electron chi connectivity index (χ3n) is 4.13. The van der Waals surface area contributed by atoms with Gasteiger partial charge in [0.1, 0.15) is 0 Å². The van der Waals surface area contributed by atoms with Gasteiger partial charge < -0.3 is 5.32 Å². The minimum Gasteiger partial charge on any atom is -0.313 e. The molecule has 0 aromatic carbocycles. The van der Waals surface area contributed by atoms with Crippen LogP contribution in [0.2, 0.25) is 0 Å². The lowest BCUT2D eigenvalue weighted by atomic mass is 9.83. The summed E-state index contributed by atoms with van der Waals surface area (Å²) >= 11 is 0. The van der Waals surface area contributed by atoms with E-state index >= 15 is 0 Å². The molecule has 1 atom stereocenters. The lowest BCUT2D eigenvalue weighted by Gasteiger charge is -2.27. The molecular formula is C12H24N2O2S. The van der Waals surface area contributed by atoms with Gasteiger partial charge in [0.25, 0.3) is 0 Å². The van der Waals surface area contributed by atoms with Gasteiger partial charge in [0, 0.05) is 19.6 Å². The molecule has 0 aromatic heterocycles. The van der Waals surface area contributed by atoms with Gasteiger partial charge in [-0.3, -0.25) is 0 Å². The molecule has 1 unspecified atom stereocenters. The SMILES string of the molecule is CN(CCC1CCC1)S(=O)(=O)CC1CCCN1. The number of sulfonamides is 1. The van der Waals surface area contributed by atoms with Gasteiger partial charge in [0.2, 0.25) is 10.0 Å². The molecular weight excluding hydrogens is 236 g/mol. The molecule has 17 heavy (non-hydrogen) atoms. The summed E-state index contributed by atoms with van der Waals surface area (Å²) in [5.74, 6) is 1.05. The average Bonchev–Trinajstić information content (AvgIpc) is 2.67. The number of hydrogen-bond acceptors (Lipinski definition) is 3. The van der Waals surface area contributed by atoms with E-state index in [-0.39, 0.29) is 11.8 Å². The Hall–Kier alpha value is -0.130. The van der Waals surface area contributed by atoms with Crippen LogP contribution >= 0.6 is 0 Å². The summed E-state index contributed by atoms with van der Waals surface area (Å²) in [6.45, 7) is 1.66. The first kappa shape index (κ1) is 13.3. The van der Waals surface area contributed by atoms with E-state index in [4.69, 9.17) is 0 Å². The van der Waals surface area contributed by atoms with Crippen LogP contribution in [0.25, 0.3) is 0 Å². The van der Waals surface area contributed by atoms with Crippen LogP contribution in [0.1, 0.15) is 38.5 Å².